The van der Waals surface area contributed by atoms with Crippen molar-refractivity contribution in [2.24, 2.45) is 0 Å². The third kappa shape index (κ3) is 6.45. The molecule has 0 spiro atoms. The predicted octanol–water partition coefficient (Wildman–Crippen LogP) is 5.59. The van der Waals surface area contributed by atoms with E-state index in [1.807, 2.05) is 6.92 Å². The molecule has 0 aliphatic heterocycles. The van der Waals surface area contributed by atoms with Crippen LogP contribution in [0.2, 0.25) is 5.02 Å². The number of benzene rings is 1. The van der Waals surface area contributed by atoms with E-state index in [9.17, 15) is 4.57 Å². The number of phosphoric ester groups is 1. The molecule has 0 saturated carbocycles. The lowest BCUT2D eigenvalue weighted by Crippen LogP contribution is -2.00. The van der Waals surface area contributed by atoms with E-state index in [1.165, 1.54) is 11.8 Å². The zero-order chi connectivity index (χ0) is 15.7. The van der Waals surface area contributed by atoms with E-state index < -0.39 is 7.82 Å². The molecule has 0 heterocycles. The topological polar surface area (TPSA) is 44.8 Å². The van der Waals surface area contributed by atoms with Crippen LogP contribution >= 0.6 is 31.2 Å². The fourth-order valence-corrected chi connectivity index (χ4v) is 3.35. The number of halogens is 1. The summed E-state index contributed by atoms with van der Waals surface area (Å²) in [6, 6.07) is 7.09. The molecule has 0 aliphatic carbocycles. The fraction of sp³-hybridized carbons (Fsp3) is 0.429. The third-order valence-corrected chi connectivity index (χ3v) is 4.81. The molecule has 0 aromatic heterocycles. The molecule has 0 saturated heterocycles. The summed E-state index contributed by atoms with van der Waals surface area (Å²) in [5, 5.41) is 2.42. The molecule has 0 aliphatic rings. The highest BCUT2D eigenvalue weighted by Gasteiger charge is 2.28. The van der Waals surface area contributed by atoms with E-state index in [-0.39, 0.29) is 13.2 Å². The predicted molar refractivity (Wildman–Crippen MR) is 89.5 cm³/mol. The zero-order valence-electron chi connectivity index (χ0n) is 12.4. The smallest absolute Gasteiger partial charge is 0.403 e. The van der Waals surface area contributed by atoms with Gasteiger partial charge in [-0.3, -0.25) is 9.05 Å². The SMILES string of the molecule is CCOP(=O)(OCC)O/C(=C\SCC)c1ccc(Cl)cc1. The molecule has 0 amide bonds. The van der Waals surface area contributed by atoms with Crippen LogP contribution in [0.4, 0.5) is 0 Å². The highest BCUT2D eigenvalue weighted by molar-refractivity contribution is 8.02. The molecule has 0 atom stereocenters. The average Bonchev–Trinajstić information content (AvgIpc) is 2.45. The molecule has 0 unspecified atom stereocenters. The Hall–Kier alpha value is -0.450. The van der Waals surface area contributed by atoms with Crippen LogP contribution in [0.3, 0.4) is 0 Å². The highest BCUT2D eigenvalue weighted by Crippen LogP contribution is 2.53. The van der Waals surface area contributed by atoms with Crippen molar-refractivity contribution < 1.29 is 18.1 Å². The van der Waals surface area contributed by atoms with Gasteiger partial charge in [0, 0.05) is 16.0 Å². The van der Waals surface area contributed by atoms with E-state index in [0.717, 1.165) is 11.3 Å². The van der Waals surface area contributed by atoms with Gasteiger partial charge in [-0.05, 0) is 43.9 Å². The largest absolute Gasteiger partial charge is 0.530 e. The van der Waals surface area contributed by atoms with Gasteiger partial charge in [0.15, 0.2) is 0 Å². The number of thioether (sulfide) groups is 1. The lowest BCUT2D eigenvalue weighted by Gasteiger charge is -2.19. The first kappa shape index (κ1) is 18.6. The van der Waals surface area contributed by atoms with E-state index in [4.69, 9.17) is 25.2 Å². The number of hydrogen-bond acceptors (Lipinski definition) is 5. The van der Waals surface area contributed by atoms with Crippen molar-refractivity contribution in [1.82, 2.24) is 0 Å². The van der Waals surface area contributed by atoms with Crippen LogP contribution in [0.1, 0.15) is 26.3 Å². The van der Waals surface area contributed by atoms with Crippen molar-refractivity contribution >= 4 is 36.9 Å². The van der Waals surface area contributed by atoms with Crippen LogP contribution in [0.5, 0.6) is 0 Å². The summed E-state index contributed by atoms with van der Waals surface area (Å²) in [7, 11) is -3.61. The monoisotopic (exact) mass is 350 g/mol. The maximum absolute atomic E-state index is 12.5. The maximum atomic E-state index is 12.5. The third-order valence-electron chi connectivity index (χ3n) is 2.27. The minimum atomic E-state index is -3.61. The standard InChI is InChI=1S/C14H20ClO4PS/c1-4-17-20(16,18-5-2)19-14(11-21-6-3)12-7-9-13(15)10-8-12/h7-11H,4-6H2,1-3H3/b14-11-. The van der Waals surface area contributed by atoms with Crippen LogP contribution in [0.15, 0.2) is 29.7 Å². The summed E-state index contributed by atoms with van der Waals surface area (Å²) in [4.78, 5) is 0. The molecule has 1 aromatic carbocycles. The van der Waals surface area contributed by atoms with Crippen molar-refractivity contribution in [2.45, 2.75) is 20.8 Å². The van der Waals surface area contributed by atoms with E-state index in [0.29, 0.717) is 10.8 Å². The number of rotatable bonds is 9. The second kappa shape index (κ2) is 9.54. The van der Waals surface area contributed by atoms with Crippen LogP contribution < -0.4 is 0 Å². The van der Waals surface area contributed by atoms with Gasteiger partial charge in [-0.2, -0.15) is 0 Å². The van der Waals surface area contributed by atoms with Gasteiger partial charge in [0.05, 0.1) is 13.2 Å². The van der Waals surface area contributed by atoms with Gasteiger partial charge >= 0.3 is 7.82 Å². The van der Waals surface area contributed by atoms with Gasteiger partial charge in [0.2, 0.25) is 0 Å². The van der Waals surface area contributed by atoms with Gasteiger partial charge in [-0.25, -0.2) is 4.57 Å². The Bertz CT molecular complexity index is 494. The summed E-state index contributed by atoms with van der Waals surface area (Å²) in [5.41, 5.74) is 0.764. The van der Waals surface area contributed by atoms with E-state index in [2.05, 4.69) is 0 Å². The summed E-state index contributed by atoms with van der Waals surface area (Å²) >= 11 is 7.42. The quantitative estimate of drug-likeness (QED) is 0.429. The van der Waals surface area contributed by atoms with Gasteiger partial charge in [0.1, 0.15) is 5.76 Å². The Balaban J connectivity index is 3.02. The number of phosphoric acid groups is 1. The van der Waals surface area contributed by atoms with Gasteiger partial charge in [-0.15, -0.1) is 11.8 Å². The Morgan fingerprint density at radius 1 is 1.19 bits per heavy atom. The first-order valence-electron chi connectivity index (χ1n) is 6.71. The molecule has 7 heteroatoms. The van der Waals surface area contributed by atoms with Crippen molar-refractivity contribution in [3.05, 3.63) is 40.3 Å². The second-order valence-corrected chi connectivity index (χ2v) is 6.99. The van der Waals surface area contributed by atoms with E-state index in [1.54, 1.807) is 43.5 Å². The number of hydrogen-bond donors (Lipinski definition) is 0. The van der Waals surface area contributed by atoms with E-state index >= 15 is 0 Å². The molecule has 4 nitrogen and oxygen atoms in total. The van der Waals surface area contributed by atoms with Crippen LogP contribution in [0, 0.1) is 0 Å². The summed E-state index contributed by atoms with van der Waals surface area (Å²) in [5.74, 6) is 1.32. The highest BCUT2D eigenvalue weighted by atomic mass is 35.5. The van der Waals surface area contributed by atoms with Gasteiger partial charge in [-0.1, -0.05) is 18.5 Å². The zero-order valence-corrected chi connectivity index (χ0v) is 14.8. The minimum Gasteiger partial charge on any atom is -0.403 e. The Morgan fingerprint density at radius 2 is 1.76 bits per heavy atom. The molecule has 21 heavy (non-hydrogen) atoms. The van der Waals surface area contributed by atoms with Gasteiger partial charge in [0.25, 0.3) is 0 Å². The summed E-state index contributed by atoms with van der Waals surface area (Å²) < 4.78 is 28.4. The molecule has 0 radical (unpaired) electrons. The molecular formula is C14H20ClO4PS. The average molecular weight is 351 g/mol. The molecule has 0 N–H and O–H groups in total. The van der Waals surface area contributed by atoms with Crippen molar-refractivity contribution in [2.75, 3.05) is 19.0 Å². The Morgan fingerprint density at radius 3 is 2.24 bits per heavy atom. The van der Waals surface area contributed by atoms with Crippen LogP contribution in [-0.4, -0.2) is 19.0 Å². The summed E-state index contributed by atoms with van der Waals surface area (Å²) in [6.45, 7) is 5.98. The normalized spacial score (nSPS) is 12.5. The Labute approximate surface area is 135 Å². The maximum Gasteiger partial charge on any atom is 0.530 e. The van der Waals surface area contributed by atoms with Crippen LogP contribution in [-0.2, 0) is 18.1 Å². The van der Waals surface area contributed by atoms with Crippen LogP contribution in [0.25, 0.3) is 5.76 Å². The molecule has 0 bridgehead atoms. The minimum absolute atomic E-state index is 0.242. The van der Waals surface area contributed by atoms with Crippen molar-refractivity contribution in [3.63, 3.8) is 0 Å². The van der Waals surface area contributed by atoms with Crippen molar-refractivity contribution in [3.8, 4) is 0 Å². The van der Waals surface area contributed by atoms with Crippen molar-refractivity contribution in [1.29, 1.82) is 0 Å². The van der Waals surface area contributed by atoms with Gasteiger partial charge < -0.3 is 4.52 Å². The summed E-state index contributed by atoms with van der Waals surface area (Å²) in [6.07, 6.45) is 0. The molecule has 1 rings (SSSR count). The molecule has 118 valence electrons. The first-order valence-corrected chi connectivity index (χ1v) is 9.59. The lowest BCUT2D eigenvalue weighted by atomic mass is 10.2. The molecular weight excluding hydrogens is 331 g/mol. The molecule has 0 fully saturated rings. The molecule has 1 aromatic rings. The lowest BCUT2D eigenvalue weighted by molar-refractivity contribution is 0.159. The Kier molecular flexibility index (Phi) is 8.45. The first-order chi connectivity index (χ1) is 10.0. The second-order valence-electron chi connectivity index (χ2n) is 3.82. The fourth-order valence-electron chi connectivity index (χ4n) is 1.44.